The molecule has 3 atom stereocenters. The molecular formula is C18H24BrF2N3O3S. The van der Waals surface area contributed by atoms with Crippen LogP contribution in [0.15, 0.2) is 21.7 Å². The third kappa shape index (κ3) is 7.20. The first-order valence-corrected chi connectivity index (χ1v) is 11.1. The third-order valence-electron chi connectivity index (χ3n) is 3.55. The van der Waals surface area contributed by atoms with Crippen LogP contribution >= 0.6 is 15.9 Å². The zero-order chi connectivity index (χ0) is 20.9. The zero-order valence-corrected chi connectivity index (χ0v) is 18.4. The van der Waals surface area contributed by atoms with Crippen molar-refractivity contribution >= 4 is 38.7 Å². The molecule has 2 heterocycles. The van der Waals surface area contributed by atoms with Gasteiger partial charge in [0.1, 0.15) is 23.4 Å². The second-order valence-electron chi connectivity index (χ2n) is 7.44. The smallest absolute Gasteiger partial charge is 0.413 e. The van der Waals surface area contributed by atoms with Gasteiger partial charge in [0.15, 0.2) is 0 Å². The molecule has 1 amide bonds. The van der Waals surface area contributed by atoms with Gasteiger partial charge in [-0.05, 0) is 42.8 Å². The summed E-state index contributed by atoms with van der Waals surface area (Å²) >= 11 is 3.19. The van der Waals surface area contributed by atoms with E-state index >= 15 is 0 Å². The monoisotopic (exact) mass is 479 g/mol. The lowest BCUT2D eigenvalue weighted by Crippen LogP contribution is -2.47. The van der Waals surface area contributed by atoms with Crippen LogP contribution in [-0.2, 0) is 15.5 Å². The molecule has 3 unspecified atom stereocenters. The molecule has 0 bridgehead atoms. The number of aliphatic imine (C=N–C) groups is 1. The molecule has 28 heavy (non-hydrogen) atoms. The fraction of sp³-hybridized carbons (Fsp3) is 0.611. The van der Waals surface area contributed by atoms with Gasteiger partial charge in [-0.15, -0.1) is 0 Å². The Labute approximate surface area is 174 Å². The SMILES string of the molecule is C1CC1.CC(C)(C)OC(=O)NC1=NC(c2cc(Br)cnc2F)CS(=O)C1CF. The summed E-state index contributed by atoms with van der Waals surface area (Å²) in [5, 5.41) is 1.25. The van der Waals surface area contributed by atoms with Crippen molar-refractivity contribution in [3.8, 4) is 0 Å². The van der Waals surface area contributed by atoms with Crippen LogP contribution in [0.4, 0.5) is 13.6 Å². The van der Waals surface area contributed by atoms with E-state index in [-0.39, 0.29) is 17.2 Å². The Morgan fingerprint density at radius 1 is 1.39 bits per heavy atom. The number of nitrogens with one attached hydrogen (secondary N) is 1. The topological polar surface area (TPSA) is 80.7 Å². The molecule has 0 saturated heterocycles. The first kappa shape index (κ1) is 22.9. The van der Waals surface area contributed by atoms with Gasteiger partial charge in [0.25, 0.3) is 0 Å². The second-order valence-corrected chi connectivity index (χ2v) is 10.0. The quantitative estimate of drug-likeness (QED) is 0.643. The maximum atomic E-state index is 14.0. The largest absolute Gasteiger partial charge is 0.444 e. The minimum atomic E-state index is -1.68. The van der Waals surface area contributed by atoms with Gasteiger partial charge >= 0.3 is 6.09 Å². The number of amidine groups is 1. The molecule has 1 aliphatic heterocycles. The van der Waals surface area contributed by atoms with Crippen molar-refractivity contribution in [3.63, 3.8) is 0 Å². The van der Waals surface area contributed by atoms with Crippen LogP contribution < -0.4 is 5.32 Å². The predicted molar refractivity (Wildman–Crippen MR) is 108 cm³/mol. The maximum Gasteiger partial charge on any atom is 0.413 e. The summed E-state index contributed by atoms with van der Waals surface area (Å²) in [6, 6.07) is 0.618. The Morgan fingerprint density at radius 2 is 2.04 bits per heavy atom. The molecule has 156 valence electrons. The van der Waals surface area contributed by atoms with E-state index in [4.69, 9.17) is 4.74 Å². The first-order valence-electron chi connectivity index (χ1n) is 8.92. The number of aromatic nitrogens is 1. The summed E-state index contributed by atoms with van der Waals surface area (Å²) in [6.07, 6.45) is 4.95. The van der Waals surface area contributed by atoms with Crippen LogP contribution in [0.3, 0.4) is 0 Å². The lowest BCUT2D eigenvalue weighted by Gasteiger charge is -2.27. The number of nitrogens with zero attached hydrogens (tertiary/aromatic N) is 2. The maximum absolute atomic E-state index is 14.0. The molecule has 2 aliphatic rings. The lowest BCUT2D eigenvalue weighted by atomic mass is 10.1. The van der Waals surface area contributed by atoms with Crippen molar-refractivity contribution in [3.05, 3.63) is 28.2 Å². The number of pyridine rings is 1. The zero-order valence-electron chi connectivity index (χ0n) is 16.0. The van der Waals surface area contributed by atoms with Crippen LogP contribution in [-0.4, -0.2) is 44.4 Å². The van der Waals surface area contributed by atoms with E-state index in [9.17, 15) is 17.8 Å². The molecule has 1 fully saturated rings. The van der Waals surface area contributed by atoms with Crippen molar-refractivity contribution in [1.29, 1.82) is 0 Å². The van der Waals surface area contributed by atoms with Gasteiger partial charge in [-0.1, -0.05) is 19.3 Å². The molecule has 0 aromatic carbocycles. The van der Waals surface area contributed by atoms with Crippen LogP contribution in [0, 0.1) is 5.95 Å². The van der Waals surface area contributed by atoms with Crippen molar-refractivity contribution in [2.75, 3.05) is 12.4 Å². The number of carbonyl (C=O) groups is 1. The minimum Gasteiger partial charge on any atom is -0.444 e. The van der Waals surface area contributed by atoms with E-state index in [0.29, 0.717) is 4.47 Å². The van der Waals surface area contributed by atoms with Gasteiger partial charge in [0.2, 0.25) is 5.95 Å². The molecule has 10 heteroatoms. The third-order valence-corrected chi connectivity index (χ3v) is 5.62. The number of amides is 1. The van der Waals surface area contributed by atoms with Gasteiger partial charge in [-0.3, -0.25) is 14.5 Å². The van der Waals surface area contributed by atoms with E-state index in [2.05, 4.69) is 31.2 Å². The van der Waals surface area contributed by atoms with Crippen molar-refractivity contribution < 1.29 is 22.5 Å². The highest BCUT2D eigenvalue weighted by Gasteiger charge is 2.34. The molecule has 0 radical (unpaired) electrons. The summed E-state index contributed by atoms with van der Waals surface area (Å²) in [7, 11) is -1.68. The molecule has 1 aromatic rings. The first-order chi connectivity index (χ1) is 13.1. The molecule has 3 rings (SSSR count). The van der Waals surface area contributed by atoms with E-state index in [1.54, 1.807) is 20.8 Å². The van der Waals surface area contributed by atoms with Crippen LogP contribution in [0.2, 0.25) is 0 Å². The molecule has 1 N–H and O–H groups in total. The summed E-state index contributed by atoms with van der Waals surface area (Å²) in [5.41, 5.74) is -0.646. The summed E-state index contributed by atoms with van der Waals surface area (Å²) in [4.78, 5) is 19.7. The van der Waals surface area contributed by atoms with E-state index in [1.165, 1.54) is 31.5 Å². The van der Waals surface area contributed by atoms with Crippen LogP contribution in [0.1, 0.15) is 51.6 Å². The van der Waals surface area contributed by atoms with Crippen molar-refractivity contribution in [2.24, 2.45) is 4.99 Å². The highest BCUT2D eigenvalue weighted by Crippen LogP contribution is 2.28. The fourth-order valence-electron chi connectivity index (χ4n) is 2.18. The minimum absolute atomic E-state index is 0.0663. The number of alkyl carbamates (subject to hydrolysis) is 1. The molecule has 1 aliphatic carbocycles. The highest BCUT2D eigenvalue weighted by molar-refractivity contribution is 9.10. The van der Waals surface area contributed by atoms with Gasteiger partial charge < -0.3 is 4.74 Å². The number of carbonyl (C=O) groups excluding carboxylic acids is 1. The summed E-state index contributed by atoms with van der Waals surface area (Å²) in [6.45, 7) is 4.05. The number of rotatable bonds is 2. The number of halogens is 3. The fourth-order valence-corrected chi connectivity index (χ4v) is 3.84. The Hall–Kier alpha value is -1.42. The number of alkyl halides is 1. The van der Waals surface area contributed by atoms with E-state index in [0.717, 1.165) is 0 Å². The number of hydrogen-bond donors (Lipinski definition) is 1. The molecule has 6 nitrogen and oxygen atoms in total. The standard InChI is InChI=1S/C15H18BrF2N3O3S.C3H6/c1-15(2,3)24-14(22)21-13-11(5-17)25(23)7-10(20-13)9-4-8(16)6-19-12(9)18;1-2-3-1/h4,6,10-11H,5,7H2,1-3H3,(H,20,21,22);1-3H2. The lowest BCUT2D eigenvalue weighted by molar-refractivity contribution is 0.0562. The van der Waals surface area contributed by atoms with Gasteiger partial charge in [-0.25, -0.2) is 14.2 Å². The van der Waals surface area contributed by atoms with Crippen molar-refractivity contribution in [1.82, 2.24) is 10.3 Å². The average Bonchev–Trinajstić information content (AvgIpc) is 3.44. The summed E-state index contributed by atoms with van der Waals surface area (Å²) in [5.74, 6) is -0.946. The normalized spacial score (nSPS) is 23.8. The van der Waals surface area contributed by atoms with Crippen molar-refractivity contribution in [2.45, 2.75) is 56.9 Å². The second kappa shape index (κ2) is 9.87. The van der Waals surface area contributed by atoms with Crippen LogP contribution in [0.5, 0.6) is 0 Å². The highest BCUT2D eigenvalue weighted by atomic mass is 79.9. The Kier molecular flexibility index (Phi) is 8.06. The number of hydrogen-bond acceptors (Lipinski definition) is 5. The predicted octanol–water partition coefficient (Wildman–Crippen LogP) is 4.22. The van der Waals surface area contributed by atoms with Gasteiger partial charge in [-0.2, -0.15) is 4.39 Å². The van der Waals surface area contributed by atoms with Gasteiger partial charge in [0, 0.05) is 27.0 Å². The molecule has 0 spiro atoms. The molecular weight excluding hydrogens is 456 g/mol. The number of ether oxygens (including phenoxy) is 1. The van der Waals surface area contributed by atoms with Crippen LogP contribution in [0.25, 0.3) is 0 Å². The van der Waals surface area contributed by atoms with E-state index < -0.39 is 46.4 Å². The van der Waals surface area contributed by atoms with Gasteiger partial charge in [0.05, 0.1) is 11.8 Å². The Morgan fingerprint density at radius 3 is 2.57 bits per heavy atom. The Balaban J connectivity index is 0.000000849. The summed E-state index contributed by atoms with van der Waals surface area (Å²) < 4.78 is 45.2. The molecule has 1 aromatic heterocycles. The molecule has 1 saturated carbocycles. The Bertz CT molecular complexity index is 766. The van der Waals surface area contributed by atoms with E-state index in [1.807, 2.05) is 0 Å². The average molecular weight is 480 g/mol.